The van der Waals surface area contributed by atoms with Gasteiger partial charge >= 0.3 is 0 Å². The van der Waals surface area contributed by atoms with Crippen LogP contribution in [0.2, 0.25) is 0 Å². The number of nitrogens with zero attached hydrogens (tertiary/aromatic N) is 1. The zero-order valence-electron chi connectivity index (χ0n) is 13.7. The molecule has 1 unspecified atom stereocenters. The average Bonchev–Trinajstić information content (AvgIpc) is 2.86. The molecule has 0 aliphatic rings. The van der Waals surface area contributed by atoms with Crippen molar-refractivity contribution in [3.05, 3.63) is 36.1 Å². The Bertz CT molecular complexity index is 514. The predicted molar refractivity (Wildman–Crippen MR) is 89.6 cm³/mol. The van der Waals surface area contributed by atoms with E-state index in [1.54, 1.807) is 0 Å². The van der Waals surface area contributed by atoms with Crippen molar-refractivity contribution in [2.24, 2.45) is 5.92 Å². The Morgan fingerprint density at radius 3 is 2.62 bits per heavy atom. The maximum absolute atomic E-state index is 6.04. The molecule has 1 aromatic carbocycles. The van der Waals surface area contributed by atoms with E-state index in [0.717, 1.165) is 37.4 Å². The Morgan fingerprint density at radius 1 is 1.19 bits per heavy atom. The molecule has 3 nitrogen and oxygen atoms in total. The number of benzene rings is 1. The Labute approximate surface area is 128 Å². The maximum Gasteiger partial charge on any atom is 0.134 e. The van der Waals surface area contributed by atoms with Crippen LogP contribution in [-0.2, 0) is 0 Å². The highest BCUT2D eigenvalue weighted by Gasteiger charge is 2.18. The molecule has 0 aliphatic heterocycles. The van der Waals surface area contributed by atoms with Crippen LogP contribution in [0.15, 0.2) is 34.7 Å². The number of furan rings is 1. The molecular formula is C18H28N2O. The molecule has 0 saturated heterocycles. The molecule has 1 atom stereocenters. The summed E-state index contributed by atoms with van der Waals surface area (Å²) < 4.78 is 6.04. The van der Waals surface area contributed by atoms with E-state index in [1.165, 1.54) is 5.39 Å². The van der Waals surface area contributed by atoms with Crippen molar-refractivity contribution in [2.45, 2.75) is 33.2 Å². The van der Waals surface area contributed by atoms with E-state index >= 15 is 0 Å². The molecule has 0 fully saturated rings. The Balaban J connectivity index is 2.14. The second-order valence-electron chi connectivity index (χ2n) is 6.31. The molecule has 1 heterocycles. The van der Waals surface area contributed by atoms with Crippen molar-refractivity contribution in [3.63, 3.8) is 0 Å². The normalized spacial score (nSPS) is 13.4. The highest BCUT2D eigenvalue weighted by atomic mass is 16.3. The van der Waals surface area contributed by atoms with Crippen LogP contribution >= 0.6 is 0 Å². The fourth-order valence-corrected chi connectivity index (χ4v) is 2.76. The van der Waals surface area contributed by atoms with Crippen LogP contribution in [-0.4, -0.2) is 31.6 Å². The van der Waals surface area contributed by atoms with Crippen LogP contribution in [0.4, 0.5) is 0 Å². The quantitative estimate of drug-likeness (QED) is 0.794. The summed E-state index contributed by atoms with van der Waals surface area (Å²) >= 11 is 0. The van der Waals surface area contributed by atoms with Gasteiger partial charge in [-0.3, -0.25) is 0 Å². The number of nitrogens with one attached hydrogen (secondary N) is 1. The lowest BCUT2D eigenvalue weighted by molar-refractivity contribution is 0.249. The highest BCUT2D eigenvalue weighted by Crippen LogP contribution is 2.24. The zero-order valence-corrected chi connectivity index (χ0v) is 13.7. The minimum atomic E-state index is 0.251. The molecular weight excluding hydrogens is 260 g/mol. The largest absolute Gasteiger partial charge is 0.459 e. The van der Waals surface area contributed by atoms with E-state index in [4.69, 9.17) is 4.42 Å². The highest BCUT2D eigenvalue weighted by molar-refractivity contribution is 5.77. The van der Waals surface area contributed by atoms with Crippen LogP contribution in [0.5, 0.6) is 0 Å². The lowest BCUT2D eigenvalue weighted by Gasteiger charge is -2.25. The lowest BCUT2D eigenvalue weighted by Crippen LogP contribution is -2.35. The molecule has 3 heteroatoms. The van der Waals surface area contributed by atoms with Crippen LogP contribution in [0.1, 0.15) is 39.0 Å². The van der Waals surface area contributed by atoms with Crippen LogP contribution in [0, 0.1) is 5.92 Å². The molecule has 116 valence electrons. The molecule has 1 aromatic heterocycles. The lowest BCUT2D eigenvalue weighted by atomic mass is 10.1. The van der Waals surface area contributed by atoms with Crippen LogP contribution in [0.25, 0.3) is 11.0 Å². The second kappa shape index (κ2) is 7.62. The van der Waals surface area contributed by atoms with Crippen LogP contribution < -0.4 is 5.32 Å². The van der Waals surface area contributed by atoms with Gasteiger partial charge in [-0.25, -0.2) is 0 Å². The number of hydrogen-bond acceptors (Lipinski definition) is 3. The van der Waals surface area contributed by atoms with Crippen molar-refractivity contribution in [2.75, 3.05) is 26.7 Å². The number of hydrogen-bond donors (Lipinski definition) is 1. The molecule has 0 saturated carbocycles. The third-order valence-electron chi connectivity index (χ3n) is 3.60. The molecule has 1 N–H and O–H groups in total. The van der Waals surface area contributed by atoms with Gasteiger partial charge in [-0.05, 0) is 38.1 Å². The van der Waals surface area contributed by atoms with Crippen molar-refractivity contribution < 1.29 is 4.42 Å². The van der Waals surface area contributed by atoms with Gasteiger partial charge < -0.3 is 14.6 Å². The van der Waals surface area contributed by atoms with E-state index in [-0.39, 0.29) is 6.04 Å². The Kier molecular flexibility index (Phi) is 5.83. The van der Waals surface area contributed by atoms with Gasteiger partial charge in [0.25, 0.3) is 0 Å². The van der Waals surface area contributed by atoms with Crippen molar-refractivity contribution >= 4 is 11.0 Å². The van der Waals surface area contributed by atoms with Gasteiger partial charge in [0.1, 0.15) is 11.3 Å². The SMILES string of the molecule is CCCNC(CN(C)CC(C)C)c1cc2ccccc2o1. The van der Waals surface area contributed by atoms with E-state index in [2.05, 4.69) is 56.2 Å². The molecule has 0 amide bonds. The van der Waals surface area contributed by atoms with Gasteiger partial charge in [-0.2, -0.15) is 0 Å². The zero-order chi connectivity index (χ0) is 15.2. The summed E-state index contributed by atoms with van der Waals surface area (Å²) in [6.45, 7) is 9.79. The van der Waals surface area contributed by atoms with Gasteiger partial charge in [0.2, 0.25) is 0 Å². The molecule has 0 radical (unpaired) electrons. The number of para-hydroxylation sites is 1. The minimum Gasteiger partial charge on any atom is -0.459 e. The fraction of sp³-hybridized carbons (Fsp3) is 0.556. The Hall–Kier alpha value is -1.32. The minimum absolute atomic E-state index is 0.251. The number of likely N-dealkylation sites (N-methyl/N-ethyl adjacent to an activating group) is 1. The van der Waals surface area contributed by atoms with Crippen LogP contribution in [0.3, 0.4) is 0 Å². The third-order valence-corrected chi connectivity index (χ3v) is 3.60. The first kappa shape index (κ1) is 16.1. The smallest absolute Gasteiger partial charge is 0.134 e. The molecule has 21 heavy (non-hydrogen) atoms. The fourth-order valence-electron chi connectivity index (χ4n) is 2.76. The summed E-state index contributed by atoms with van der Waals surface area (Å²) in [4.78, 5) is 2.38. The van der Waals surface area contributed by atoms with Gasteiger partial charge in [0.05, 0.1) is 6.04 Å². The summed E-state index contributed by atoms with van der Waals surface area (Å²) in [5.41, 5.74) is 0.974. The van der Waals surface area contributed by atoms with Gasteiger partial charge in [-0.1, -0.05) is 39.0 Å². The van der Waals surface area contributed by atoms with E-state index in [9.17, 15) is 0 Å². The molecule has 0 spiro atoms. The summed E-state index contributed by atoms with van der Waals surface area (Å²) in [5.74, 6) is 1.72. The van der Waals surface area contributed by atoms with Crippen molar-refractivity contribution in [1.82, 2.24) is 10.2 Å². The first-order valence-electron chi connectivity index (χ1n) is 8.00. The predicted octanol–water partition coefficient (Wildman–Crippen LogP) is 4.06. The molecule has 2 aromatic rings. The average molecular weight is 288 g/mol. The van der Waals surface area contributed by atoms with E-state index in [0.29, 0.717) is 5.92 Å². The maximum atomic E-state index is 6.04. The summed E-state index contributed by atoms with van der Waals surface area (Å²) in [6, 6.07) is 10.6. The van der Waals surface area contributed by atoms with Gasteiger partial charge in [0.15, 0.2) is 0 Å². The topological polar surface area (TPSA) is 28.4 Å². The van der Waals surface area contributed by atoms with Crippen molar-refractivity contribution in [3.8, 4) is 0 Å². The monoisotopic (exact) mass is 288 g/mol. The first-order chi connectivity index (χ1) is 10.1. The standard InChI is InChI=1S/C18H28N2O/c1-5-10-19-16(13-20(4)12-14(2)3)18-11-15-8-6-7-9-17(15)21-18/h6-9,11,14,16,19H,5,10,12-13H2,1-4H3. The van der Waals surface area contributed by atoms with E-state index < -0.39 is 0 Å². The Morgan fingerprint density at radius 2 is 1.95 bits per heavy atom. The van der Waals surface area contributed by atoms with Crippen molar-refractivity contribution in [1.29, 1.82) is 0 Å². The summed E-state index contributed by atoms with van der Waals surface area (Å²) in [7, 11) is 2.18. The van der Waals surface area contributed by atoms with E-state index in [1.807, 2.05) is 12.1 Å². The second-order valence-corrected chi connectivity index (χ2v) is 6.31. The molecule has 0 aliphatic carbocycles. The first-order valence-corrected chi connectivity index (χ1v) is 8.00. The van der Waals surface area contributed by atoms with Gasteiger partial charge in [0, 0.05) is 18.5 Å². The summed E-state index contributed by atoms with van der Waals surface area (Å²) in [5, 5.41) is 4.80. The number of rotatable bonds is 8. The van der Waals surface area contributed by atoms with Gasteiger partial charge in [-0.15, -0.1) is 0 Å². The molecule has 0 bridgehead atoms. The number of fused-ring (bicyclic) bond motifs is 1. The molecule has 2 rings (SSSR count). The third kappa shape index (κ3) is 4.58. The summed E-state index contributed by atoms with van der Waals surface area (Å²) in [6.07, 6.45) is 1.13.